The molecule has 1 heterocycles. The summed E-state index contributed by atoms with van der Waals surface area (Å²) in [5.41, 5.74) is 0. The topological polar surface area (TPSA) is 79.5 Å². The molecule has 0 spiro atoms. The molecule has 0 radical (unpaired) electrons. The van der Waals surface area contributed by atoms with E-state index in [0.29, 0.717) is 4.90 Å². The van der Waals surface area contributed by atoms with Crippen LogP contribution in [0.25, 0.3) is 0 Å². The summed E-state index contributed by atoms with van der Waals surface area (Å²) in [7, 11) is 0. The number of carboxylic acids is 1. The van der Waals surface area contributed by atoms with Crippen molar-refractivity contribution in [2.45, 2.75) is 19.6 Å². The van der Waals surface area contributed by atoms with Crippen LogP contribution in [-0.4, -0.2) is 45.4 Å². The third-order valence-corrected chi connectivity index (χ3v) is 1.69. The van der Waals surface area contributed by atoms with E-state index in [1.807, 2.05) is 0 Å². The smallest absolute Gasteiger partial charge is 0.401 e. The molecule has 9 heteroatoms. The normalized spacial score (nSPS) is 12.1. The lowest BCUT2D eigenvalue weighted by molar-refractivity contribution is -0.155. The van der Waals surface area contributed by atoms with E-state index in [2.05, 4.69) is 10.2 Å². The van der Waals surface area contributed by atoms with E-state index in [-0.39, 0.29) is 18.3 Å². The molecule has 1 N–H and O–H groups in total. The highest BCUT2D eigenvalue weighted by Crippen LogP contribution is 2.17. The second-order valence-electron chi connectivity index (χ2n) is 3.37. The lowest BCUT2D eigenvalue weighted by atomic mass is 10.4. The van der Waals surface area contributed by atoms with Gasteiger partial charge in [0.25, 0.3) is 0 Å². The number of hydrogen-bond acceptors (Lipinski definition) is 5. The molecule has 0 aliphatic heterocycles. The molecule has 0 bridgehead atoms. The number of carboxylic acid groups (broad SMARTS) is 1. The predicted molar refractivity (Wildman–Crippen MR) is 48.0 cm³/mol. The number of alkyl halides is 3. The van der Waals surface area contributed by atoms with Crippen LogP contribution in [0.3, 0.4) is 0 Å². The minimum Gasteiger partial charge on any atom is -0.480 e. The highest BCUT2D eigenvalue weighted by atomic mass is 19.4. The Labute approximate surface area is 94.0 Å². The summed E-state index contributed by atoms with van der Waals surface area (Å²) in [6, 6.07) is 0. The van der Waals surface area contributed by atoms with E-state index < -0.39 is 25.2 Å². The maximum Gasteiger partial charge on any atom is 0.401 e. The number of aromatic nitrogens is 2. The Balaban J connectivity index is 2.66. The zero-order valence-electron chi connectivity index (χ0n) is 8.86. The molecule has 0 amide bonds. The lowest BCUT2D eigenvalue weighted by Gasteiger charge is -2.19. The zero-order valence-corrected chi connectivity index (χ0v) is 8.86. The molecular formula is C8H10F3N3O3. The summed E-state index contributed by atoms with van der Waals surface area (Å²) >= 11 is 0. The molecule has 17 heavy (non-hydrogen) atoms. The molecule has 96 valence electrons. The van der Waals surface area contributed by atoms with Crippen molar-refractivity contribution in [1.82, 2.24) is 15.1 Å². The molecule has 0 unspecified atom stereocenters. The molecule has 1 aromatic rings. The van der Waals surface area contributed by atoms with Crippen molar-refractivity contribution in [2.75, 3.05) is 13.1 Å². The van der Waals surface area contributed by atoms with E-state index in [0.717, 1.165) is 0 Å². The van der Waals surface area contributed by atoms with Gasteiger partial charge in [0.1, 0.15) is 0 Å². The molecule has 0 aromatic carbocycles. The van der Waals surface area contributed by atoms with Crippen LogP contribution in [0.5, 0.6) is 0 Å². The van der Waals surface area contributed by atoms with Crippen LogP contribution in [0.1, 0.15) is 11.8 Å². The number of hydrogen-bond donors (Lipinski definition) is 1. The fourth-order valence-corrected chi connectivity index (χ4v) is 1.21. The van der Waals surface area contributed by atoms with E-state index in [1.54, 1.807) is 0 Å². The van der Waals surface area contributed by atoms with E-state index in [9.17, 15) is 18.0 Å². The third-order valence-electron chi connectivity index (χ3n) is 1.69. The highest BCUT2D eigenvalue weighted by Gasteiger charge is 2.32. The third kappa shape index (κ3) is 5.29. The van der Waals surface area contributed by atoms with Crippen LogP contribution in [0, 0.1) is 6.92 Å². The van der Waals surface area contributed by atoms with Gasteiger partial charge in [-0.2, -0.15) is 13.2 Å². The van der Waals surface area contributed by atoms with Crippen LogP contribution in [0.15, 0.2) is 4.42 Å². The average molecular weight is 253 g/mol. The quantitative estimate of drug-likeness (QED) is 0.837. The standard InChI is InChI=1S/C8H10F3N3O3/c1-5-12-13-6(17-5)2-14(3-7(15)16)4-8(9,10)11/h2-4H2,1H3,(H,15,16). The van der Waals surface area contributed by atoms with Gasteiger partial charge in [0, 0.05) is 6.92 Å². The van der Waals surface area contributed by atoms with Crippen molar-refractivity contribution < 1.29 is 27.5 Å². The first kappa shape index (κ1) is 13.4. The maximum absolute atomic E-state index is 12.2. The van der Waals surface area contributed by atoms with Crippen molar-refractivity contribution in [2.24, 2.45) is 0 Å². The van der Waals surface area contributed by atoms with Crippen molar-refractivity contribution >= 4 is 5.97 Å². The number of rotatable bonds is 5. The maximum atomic E-state index is 12.2. The van der Waals surface area contributed by atoms with Crippen LogP contribution >= 0.6 is 0 Å². The monoisotopic (exact) mass is 253 g/mol. The molecular weight excluding hydrogens is 243 g/mol. The Morgan fingerprint density at radius 3 is 2.53 bits per heavy atom. The van der Waals surface area contributed by atoms with Gasteiger partial charge in [0.15, 0.2) is 0 Å². The molecule has 0 saturated carbocycles. The average Bonchev–Trinajstić information content (AvgIpc) is 2.46. The van der Waals surface area contributed by atoms with Gasteiger partial charge in [-0.3, -0.25) is 9.69 Å². The van der Waals surface area contributed by atoms with Crippen LogP contribution in [-0.2, 0) is 11.3 Å². The first-order valence-corrected chi connectivity index (χ1v) is 4.56. The van der Waals surface area contributed by atoms with Gasteiger partial charge in [0.05, 0.1) is 19.6 Å². The first-order valence-electron chi connectivity index (χ1n) is 4.56. The highest BCUT2D eigenvalue weighted by molar-refractivity contribution is 5.69. The molecule has 0 fully saturated rings. The Kier molecular flexibility index (Phi) is 4.05. The summed E-state index contributed by atoms with van der Waals surface area (Å²) in [6.07, 6.45) is -4.48. The number of carbonyl (C=O) groups is 1. The summed E-state index contributed by atoms with van der Waals surface area (Å²) in [5.74, 6) is -1.19. The van der Waals surface area contributed by atoms with Crippen LogP contribution in [0.4, 0.5) is 13.2 Å². The van der Waals surface area contributed by atoms with E-state index >= 15 is 0 Å². The van der Waals surface area contributed by atoms with Gasteiger partial charge < -0.3 is 9.52 Å². The van der Waals surface area contributed by atoms with Gasteiger partial charge in [-0.05, 0) is 0 Å². The molecule has 0 saturated heterocycles. The molecule has 1 aromatic heterocycles. The van der Waals surface area contributed by atoms with Crippen molar-refractivity contribution in [3.63, 3.8) is 0 Å². The minimum absolute atomic E-state index is 0.0481. The second-order valence-corrected chi connectivity index (χ2v) is 3.37. The fourth-order valence-electron chi connectivity index (χ4n) is 1.21. The second kappa shape index (κ2) is 5.13. The Hall–Kier alpha value is -1.64. The van der Waals surface area contributed by atoms with Crippen LogP contribution in [0.2, 0.25) is 0 Å². The number of aliphatic carboxylic acids is 1. The Morgan fingerprint density at radius 2 is 2.12 bits per heavy atom. The van der Waals surface area contributed by atoms with E-state index in [4.69, 9.17) is 9.52 Å². The van der Waals surface area contributed by atoms with Crippen molar-refractivity contribution in [3.05, 3.63) is 11.8 Å². The van der Waals surface area contributed by atoms with Gasteiger partial charge in [-0.15, -0.1) is 10.2 Å². The molecule has 1 rings (SSSR count). The Morgan fingerprint density at radius 1 is 1.47 bits per heavy atom. The number of nitrogens with zero attached hydrogens (tertiary/aromatic N) is 3. The zero-order chi connectivity index (χ0) is 13.1. The molecule has 0 atom stereocenters. The van der Waals surface area contributed by atoms with Gasteiger partial charge in [-0.25, -0.2) is 0 Å². The number of aryl methyl sites for hydroxylation is 1. The number of halogens is 3. The Bertz CT molecular complexity index is 391. The largest absolute Gasteiger partial charge is 0.480 e. The van der Waals surface area contributed by atoms with E-state index in [1.165, 1.54) is 6.92 Å². The van der Waals surface area contributed by atoms with Gasteiger partial charge in [0.2, 0.25) is 11.8 Å². The fraction of sp³-hybridized carbons (Fsp3) is 0.625. The lowest BCUT2D eigenvalue weighted by Crippen LogP contribution is -2.37. The predicted octanol–water partition coefficient (Wildman–Crippen LogP) is 0.827. The summed E-state index contributed by atoms with van der Waals surface area (Å²) < 4.78 is 41.4. The molecule has 0 aliphatic carbocycles. The first-order chi connectivity index (χ1) is 7.76. The van der Waals surface area contributed by atoms with Crippen LogP contribution < -0.4 is 0 Å². The van der Waals surface area contributed by atoms with Gasteiger partial charge >= 0.3 is 12.1 Å². The van der Waals surface area contributed by atoms with Crippen molar-refractivity contribution in [1.29, 1.82) is 0 Å². The molecule has 6 nitrogen and oxygen atoms in total. The SMILES string of the molecule is Cc1nnc(CN(CC(=O)O)CC(F)(F)F)o1. The summed E-state index contributed by atoms with van der Waals surface area (Å²) in [6.45, 7) is -0.962. The summed E-state index contributed by atoms with van der Waals surface area (Å²) in [4.78, 5) is 11.1. The van der Waals surface area contributed by atoms with Crippen molar-refractivity contribution in [3.8, 4) is 0 Å². The molecule has 0 aliphatic rings. The minimum atomic E-state index is -4.48. The van der Waals surface area contributed by atoms with Gasteiger partial charge in [-0.1, -0.05) is 0 Å². The summed E-state index contributed by atoms with van der Waals surface area (Å²) in [5, 5.41) is 15.4.